The molecule has 17 heavy (non-hydrogen) atoms. The van der Waals surface area contributed by atoms with Crippen molar-refractivity contribution >= 4 is 21.6 Å². The van der Waals surface area contributed by atoms with E-state index >= 15 is 0 Å². The first-order chi connectivity index (χ1) is 7.95. The Labute approximate surface area is 105 Å². The van der Waals surface area contributed by atoms with Gasteiger partial charge >= 0.3 is 5.69 Å². The van der Waals surface area contributed by atoms with Gasteiger partial charge in [0.15, 0.2) is 0 Å². The Balaban J connectivity index is 3.00. The molecule has 0 aromatic heterocycles. The molecule has 0 heterocycles. The van der Waals surface area contributed by atoms with Gasteiger partial charge in [0.05, 0.1) is 22.1 Å². The monoisotopic (exact) mass is 307 g/mol. The van der Waals surface area contributed by atoms with Crippen LogP contribution in [0.25, 0.3) is 0 Å². The third kappa shape index (κ3) is 3.64. The summed E-state index contributed by atoms with van der Waals surface area (Å²) >= 11 is 3.01. The van der Waals surface area contributed by atoms with Gasteiger partial charge in [0.25, 0.3) is 0 Å². The molecule has 0 spiro atoms. The van der Waals surface area contributed by atoms with Gasteiger partial charge in [-0.25, -0.2) is 4.39 Å². The van der Waals surface area contributed by atoms with Gasteiger partial charge in [-0.15, -0.1) is 0 Å². The molecule has 0 aliphatic rings. The van der Waals surface area contributed by atoms with Crippen molar-refractivity contribution in [3.63, 3.8) is 0 Å². The Morgan fingerprint density at radius 3 is 2.82 bits per heavy atom. The second-order valence-corrected chi connectivity index (χ2v) is 4.45. The van der Waals surface area contributed by atoms with Crippen LogP contribution in [0.2, 0.25) is 0 Å². The minimum atomic E-state index is -0.717. The maximum absolute atomic E-state index is 13.0. The number of aliphatic hydroxyl groups excluding tert-OH is 1. The molecule has 5 nitrogen and oxygen atoms in total. The van der Waals surface area contributed by atoms with Gasteiger partial charge in [-0.1, -0.05) is 6.92 Å². The van der Waals surface area contributed by atoms with Crippen LogP contribution in [0.1, 0.15) is 6.92 Å². The lowest BCUT2D eigenvalue weighted by molar-refractivity contribution is -0.386. The van der Waals surface area contributed by atoms with Crippen molar-refractivity contribution in [1.29, 1.82) is 0 Å². The fourth-order valence-electron chi connectivity index (χ4n) is 1.10. The predicted molar refractivity (Wildman–Crippen MR) is 62.5 cm³/mol. The van der Waals surface area contributed by atoms with Crippen molar-refractivity contribution < 1.29 is 19.2 Å². The number of halogens is 2. The van der Waals surface area contributed by atoms with Crippen LogP contribution < -0.4 is 4.74 Å². The smallest absolute Gasteiger partial charge is 0.315 e. The Bertz CT molecular complexity index is 427. The fraction of sp³-hybridized carbons (Fsp3) is 0.400. The number of nitro benzene ring substituents is 1. The number of nitro groups is 1. The van der Waals surface area contributed by atoms with E-state index < -0.39 is 16.4 Å². The van der Waals surface area contributed by atoms with Crippen LogP contribution in [0.4, 0.5) is 10.1 Å². The zero-order valence-electron chi connectivity index (χ0n) is 9.02. The third-order valence-electron chi connectivity index (χ3n) is 2.01. The van der Waals surface area contributed by atoms with Gasteiger partial charge < -0.3 is 9.84 Å². The Morgan fingerprint density at radius 1 is 1.65 bits per heavy atom. The molecule has 0 fully saturated rings. The number of aliphatic hydroxyl groups is 1. The molecule has 0 amide bonds. The minimum Gasteiger partial charge on any atom is -0.486 e. The van der Waals surface area contributed by atoms with Crippen molar-refractivity contribution in [2.24, 2.45) is 5.92 Å². The molecular weight excluding hydrogens is 297 g/mol. The van der Waals surface area contributed by atoms with Crippen LogP contribution >= 0.6 is 15.9 Å². The summed E-state index contributed by atoms with van der Waals surface area (Å²) in [6, 6.07) is 1.88. The quantitative estimate of drug-likeness (QED) is 0.670. The summed E-state index contributed by atoms with van der Waals surface area (Å²) in [7, 11) is 0. The van der Waals surface area contributed by atoms with Gasteiger partial charge in [-0.05, 0) is 22.0 Å². The lowest BCUT2D eigenvalue weighted by Crippen LogP contribution is -2.13. The van der Waals surface area contributed by atoms with Crippen LogP contribution in [0.3, 0.4) is 0 Å². The highest BCUT2D eigenvalue weighted by Crippen LogP contribution is 2.36. The standard InChI is InChI=1S/C10H11BrFNO4/c1-6(4-14)5-17-10-8(11)2-7(12)3-9(10)13(15)16/h2-3,6,14H,4-5H2,1H3. The summed E-state index contributed by atoms with van der Waals surface area (Å²) in [5.74, 6) is -0.908. The Hall–Kier alpha value is -1.21. The average molecular weight is 308 g/mol. The maximum atomic E-state index is 13.0. The molecule has 94 valence electrons. The van der Waals surface area contributed by atoms with E-state index in [1.165, 1.54) is 0 Å². The van der Waals surface area contributed by atoms with Crippen molar-refractivity contribution in [1.82, 2.24) is 0 Å². The van der Waals surface area contributed by atoms with Crippen molar-refractivity contribution in [2.45, 2.75) is 6.92 Å². The molecular formula is C10H11BrFNO4. The summed E-state index contributed by atoms with van der Waals surface area (Å²) in [6.45, 7) is 1.75. The average Bonchev–Trinajstić information content (AvgIpc) is 2.26. The van der Waals surface area contributed by atoms with E-state index in [9.17, 15) is 14.5 Å². The number of hydrogen-bond donors (Lipinski definition) is 1. The zero-order valence-corrected chi connectivity index (χ0v) is 10.6. The molecule has 0 saturated carbocycles. The van der Waals surface area contributed by atoms with E-state index in [0.29, 0.717) is 0 Å². The molecule has 1 rings (SSSR count). The van der Waals surface area contributed by atoms with E-state index in [1.54, 1.807) is 6.92 Å². The van der Waals surface area contributed by atoms with Crippen molar-refractivity contribution in [3.8, 4) is 5.75 Å². The highest BCUT2D eigenvalue weighted by molar-refractivity contribution is 9.10. The normalized spacial score (nSPS) is 12.2. The number of rotatable bonds is 5. The molecule has 1 unspecified atom stereocenters. The first-order valence-corrected chi connectivity index (χ1v) is 5.62. The number of ether oxygens (including phenoxy) is 1. The Kier molecular flexibility index (Phi) is 4.83. The number of benzene rings is 1. The minimum absolute atomic E-state index is 0.0308. The highest BCUT2D eigenvalue weighted by Gasteiger charge is 2.21. The molecule has 0 radical (unpaired) electrons. The molecule has 0 aliphatic heterocycles. The van der Waals surface area contributed by atoms with Crippen LogP contribution in [-0.2, 0) is 0 Å². The highest BCUT2D eigenvalue weighted by atomic mass is 79.9. The SMILES string of the molecule is CC(CO)COc1c(Br)cc(F)cc1[N+](=O)[O-]. The van der Waals surface area contributed by atoms with Crippen molar-refractivity contribution in [3.05, 3.63) is 32.5 Å². The molecule has 0 bridgehead atoms. The topological polar surface area (TPSA) is 72.6 Å². The van der Waals surface area contributed by atoms with Gasteiger partial charge in [0.1, 0.15) is 5.82 Å². The Morgan fingerprint density at radius 2 is 2.29 bits per heavy atom. The van der Waals surface area contributed by atoms with E-state index in [1.807, 2.05) is 0 Å². The van der Waals surface area contributed by atoms with E-state index in [2.05, 4.69) is 15.9 Å². The molecule has 1 N–H and O–H groups in total. The van der Waals surface area contributed by atoms with E-state index in [0.717, 1.165) is 12.1 Å². The molecule has 7 heteroatoms. The molecule has 0 aliphatic carbocycles. The molecule has 1 atom stereocenters. The lowest BCUT2D eigenvalue weighted by atomic mass is 10.2. The predicted octanol–water partition coefficient (Wildman–Crippen LogP) is 2.50. The summed E-state index contributed by atoms with van der Waals surface area (Å²) in [5.41, 5.74) is -0.443. The van der Waals surface area contributed by atoms with Gasteiger partial charge in [-0.2, -0.15) is 0 Å². The van der Waals surface area contributed by atoms with Crippen molar-refractivity contribution in [2.75, 3.05) is 13.2 Å². The van der Waals surface area contributed by atoms with Crippen LogP contribution in [0, 0.1) is 21.8 Å². The van der Waals surface area contributed by atoms with E-state index in [4.69, 9.17) is 9.84 Å². The summed E-state index contributed by atoms with van der Waals surface area (Å²) in [5, 5.41) is 19.5. The van der Waals surface area contributed by atoms with Gasteiger partial charge in [-0.3, -0.25) is 10.1 Å². The number of hydrogen-bond acceptors (Lipinski definition) is 4. The summed E-state index contributed by atoms with van der Waals surface area (Å²) < 4.78 is 18.4. The lowest BCUT2D eigenvalue weighted by Gasteiger charge is -2.12. The fourth-order valence-corrected chi connectivity index (χ4v) is 1.64. The maximum Gasteiger partial charge on any atom is 0.315 e. The number of nitrogens with zero attached hydrogens (tertiary/aromatic N) is 1. The van der Waals surface area contributed by atoms with Crippen LogP contribution in [-0.4, -0.2) is 23.2 Å². The van der Waals surface area contributed by atoms with Gasteiger partial charge in [0.2, 0.25) is 5.75 Å². The zero-order chi connectivity index (χ0) is 13.0. The molecule has 1 aromatic rings. The second-order valence-electron chi connectivity index (χ2n) is 3.59. The first kappa shape index (κ1) is 13.9. The van der Waals surface area contributed by atoms with Crippen LogP contribution in [0.5, 0.6) is 5.75 Å². The summed E-state index contributed by atoms with van der Waals surface area (Å²) in [6.07, 6.45) is 0. The summed E-state index contributed by atoms with van der Waals surface area (Å²) in [4.78, 5) is 10.0. The van der Waals surface area contributed by atoms with E-state index in [-0.39, 0.29) is 29.4 Å². The van der Waals surface area contributed by atoms with Gasteiger partial charge in [0, 0.05) is 12.5 Å². The third-order valence-corrected chi connectivity index (χ3v) is 2.60. The molecule has 0 saturated heterocycles. The second kappa shape index (κ2) is 5.92. The van der Waals surface area contributed by atoms with Crippen LogP contribution in [0.15, 0.2) is 16.6 Å². The first-order valence-electron chi connectivity index (χ1n) is 4.82. The largest absolute Gasteiger partial charge is 0.486 e. The molecule has 1 aromatic carbocycles.